The summed E-state index contributed by atoms with van der Waals surface area (Å²) in [6, 6.07) is 3.79. The summed E-state index contributed by atoms with van der Waals surface area (Å²) >= 11 is 0. The monoisotopic (exact) mass is 299 g/mol. The second kappa shape index (κ2) is 5.16. The molecule has 0 saturated carbocycles. The van der Waals surface area contributed by atoms with Crippen molar-refractivity contribution in [2.24, 2.45) is 0 Å². The molecule has 0 aliphatic carbocycles. The number of aliphatic hydroxyl groups is 1. The maximum Gasteiger partial charge on any atom is 0.322 e. The van der Waals surface area contributed by atoms with E-state index in [-0.39, 0.29) is 17.9 Å². The summed E-state index contributed by atoms with van der Waals surface area (Å²) in [7, 11) is -3.93. The van der Waals surface area contributed by atoms with Gasteiger partial charge in [-0.1, -0.05) is 12.1 Å². The molecule has 1 aromatic carbocycles. The van der Waals surface area contributed by atoms with E-state index in [4.69, 9.17) is 5.11 Å². The fourth-order valence-electron chi connectivity index (χ4n) is 2.39. The number of hydrogen-bond acceptors (Lipinski definition) is 4. The molecule has 1 aliphatic heterocycles. The average molecular weight is 299 g/mol. The van der Waals surface area contributed by atoms with Gasteiger partial charge < -0.3 is 10.2 Å². The minimum Gasteiger partial charge on any atom is -0.480 e. The fourth-order valence-corrected chi connectivity index (χ4v) is 4.33. The predicted octanol–water partition coefficient (Wildman–Crippen LogP) is 0.512. The zero-order valence-electron chi connectivity index (χ0n) is 11.3. The summed E-state index contributed by atoms with van der Waals surface area (Å²) in [6.45, 7) is 3.24. The van der Waals surface area contributed by atoms with E-state index in [1.54, 1.807) is 26.0 Å². The van der Waals surface area contributed by atoms with Gasteiger partial charge in [0, 0.05) is 13.0 Å². The SMILES string of the molecule is Cc1ccc(C)c(S(=O)(=O)N2C[C@@H](O)C[C@H]2C(=O)O)c1. The molecule has 7 heteroatoms. The summed E-state index contributed by atoms with van der Waals surface area (Å²) in [4.78, 5) is 11.3. The number of carboxylic acid groups (broad SMARTS) is 1. The van der Waals surface area contributed by atoms with Gasteiger partial charge in [0.2, 0.25) is 10.0 Å². The number of benzene rings is 1. The lowest BCUT2D eigenvalue weighted by Crippen LogP contribution is -2.40. The normalized spacial score (nSPS) is 23.9. The Morgan fingerprint density at radius 3 is 2.60 bits per heavy atom. The van der Waals surface area contributed by atoms with Crippen LogP contribution in [0.25, 0.3) is 0 Å². The molecule has 0 amide bonds. The van der Waals surface area contributed by atoms with Gasteiger partial charge in [-0.15, -0.1) is 0 Å². The van der Waals surface area contributed by atoms with Crippen LogP contribution in [0.4, 0.5) is 0 Å². The van der Waals surface area contributed by atoms with E-state index in [0.29, 0.717) is 5.56 Å². The molecule has 1 aromatic rings. The Labute approximate surface area is 117 Å². The smallest absolute Gasteiger partial charge is 0.322 e. The highest BCUT2D eigenvalue weighted by Gasteiger charge is 2.43. The number of aryl methyl sites for hydroxylation is 2. The van der Waals surface area contributed by atoms with Crippen molar-refractivity contribution < 1.29 is 23.4 Å². The topological polar surface area (TPSA) is 94.9 Å². The summed E-state index contributed by atoms with van der Waals surface area (Å²) in [5, 5.41) is 18.7. The van der Waals surface area contributed by atoms with E-state index in [0.717, 1.165) is 9.87 Å². The Balaban J connectivity index is 2.49. The van der Waals surface area contributed by atoms with Crippen LogP contribution < -0.4 is 0 Å². The van der Waals surface area contributed by atoms with Crippen molar-refractivity contribution in [3.63, 3.8) is 0 Å². The number of hydrogen-bond donors (Lipinski definition) is 2. The number of aliphatic carboxylic acids is 1. The number of sulfonamides is 1. The zero-order valence-corrected chi connectivity index (χ0v) is 12.1. The van der Waals surface area contributed by atoms with E-state index < -0.39 is 28.1 Å². The molecular formula is C13H17NO5S. The maximum absolute atomic E-state index is 12.6. The third-order valence-corrected chi connectivity index (χ3v) is 5.47. The van der Waals surface area contributed by atoms with Crippen LogP contribution in [0.15, 0.2) is 23.1 Å². The van der Waals surface area contributed by atoms with Crippen molar-refractivity contribution in [3.05, 3.63) is 29.3 Å². The van der Waals surface area contributed by atoms with Crippen LogP contribution in [0.3, 0.4) is 0 Å². The molecule has 2 rings (SSSR count). The summed E-state index contributed by atoms with van der Waals surface area (Å²) in [6.07, 6.45) is -1.03. The van der Waals surface area contributed by atoms with Crippen molar-refractivity contribution in [2.45, 2.75) is 37.3 Å². The maximum atomic E-state index is 12.6. The molecular weight excluding hydrogens is 282 g/mol. The molecule has 1 fully saturated rings. The van der Waals surface area contributed by atoms with E-state index in [9.17, 15) is 18.3 Å². The van der Waals surface area contributed by atoms with Gasteiger partial charge in [-0.3, -0.25) is 4.79 Å². The largest absolute Gasteiger partial charge is 0.480 e. The average Bonchev–Trinajstić information content (AvgIpc) is 2.75. The van der Waals surface area contributed by atoms with Gasteiger partial charge in [0.05, 0.1) is 11.0 Å². The summed E-state index contributed by atoms with van der Waals surface area (Å²) in [5.74, 6) is -1.24. The quantitative estimate of drug-likeness (QED) is 0.848. The van der Waals surface area contributed by atoms with E-state index in [2.05, 4.69) is 0 Å². The Morgan fingerprint density at radius 2 is 2.00 bits per heavy atom. The molecule has 0 aromatic heterocycles. The van der Waals surface area contributed by atoms with Gasteiger partial charge >= 0.3 is 5.97 Å². The standard InChI is InChI=1S/C13H17NO5S/c1-8-3-4-9(2)12(5-8)20(18,19)14-7-10(15)6-11(14)13(16)17/h3-5,10-11,15H,6-7H2,1-2H3,(H,16,17)/t10-,11-/m0/s1. The van der Waals surface area contributed by atoms with E-state index in [1.165, 1.54) is 6.07 Å². The highest BCUT2D eigenvalue weighted by atomic mass is 32.2. The lowest BCUT2D eigenvalue weighted by atomic mass is 10.2. The van der Waals surface area contributed by atoms with Gasteiger partial charge in [-0.25, -0.2) is 8.42 Å². The minimum atomic E-state index is -3.93. The first kappa shape index (κ1) is 15.0. The molecule has 2 N–H and O–H groups in total. The van der Waals surface area contributed by atoms with Gasteiger partial charge in [0.1, 0.15) is 6.04 Å². The molecule has 2 atom stereocenters. The molecule has 0 radical (unpaired) electrons. The number of nitrogens with zero attached hydrogens (tertiary/aromatic N) is 1. The van der Waals surface area contributed by atoms with Crippen LogP contribution in [0, 0.1) is 13.8 Å². The first-order valence-electron chi connectivity index (χ1n) is 6.23. The molecule has 1 saturated heterocycles. The Bertz CT molecular complexity index is 640. The Morgan fingerprint density at radius 1 is 1.35 bits per heavy atom. The number of rotatable bonds is 3. The highest BCUT2D eigenvalue weighted by molar-refractivity contribution is 7.89. The molecule has 110 valence electrons. The van der Waals surface area contributed by atoms with Gasteiger partial charge in [-0.05, 0) is 31.0 Å². The zero-order chi connectivity index (χ0) is 15.1. The lowest BCUT2D eigenvalue weighted by Gasteiger charge is -2.22. The number of β-amino-alcohol motifs (C(OH)–C–C–N with tert-alkyl or cyclic N) is 1. The molecule has 6 nitrogen and oxygen atoms in total. The second-order valence-electron chi connectivity index (χ2n) is 5.09. The highest BCUT2D eigenvalue weighted by Crippen LogP contribution is 2.28. The van der Waals surface area contributed by atoms with E-state index >= 15 is 0 Å². The number of carboxylic acids is 1. The van der Waals surface area contributed by atoms with Crippen LogP contribution >= 0.6 is 0 Å². The minimum absolute atomic E-state index is 0.0839. The molecule has 0 spiro atoms. The summed E-state index contributed by atoms with van der Waals surface area (Å²) in [5.41, 5.74) is 1.34. The van der Waals surface area contributed by atoms with Crippen LogP contribution in [-0.4, -0.2) is 47.6 Å². The van der Waals surface area contributed by atoms with Gasteiger partial charge in [0.15, 0.2) is 0 Å². The van der Waals surface area contributed by atoms with Gasteiger partial charge in [0.25, 0.3) is 0 Å². The first-order chi connectivity index (χ1) is 9.23. The number of aliphatic hydroxyl groups excluding tert-OH is 1. The third-order valence-electron chi connectivity index (χ3n) is 3.45. The van der Waals surface area contributed by atoms with Crippen LogP contribution in [0.2, 0.25) is 0 Å². The van der Waals surface area contributed by atoms with E-state index in [1.807, 2.05) is 0 Å². The Kier molecular flexibility index (Phi) is 3.86. The van der Waals surface area contributed by atoms with Crippen molar-refractivity contribution in [1.82, 2.24) is 4.31 Å². The van der Waals surface area contributed by atoms with Crippen LogP contribution in [0.5, 0.6) is 0 Å². The first-order valence-corrected chi connectivity index (χ1v) is 7.67. The molecule has 1 heterocycles. The Hall–Kier alpha value is -1.44. The van der Waals surface area contributed by atoms with Crippen LogP contribution in [0.1, 0.15) is 17.5 Å². The molecule has 0 bridgehead atoms. The second-order valence-corrected chi connectivity index (χ2v) is 6.95. The van der Waals surface area contributed by atoms with Crippen molar-refractivity contribution in [1.29, 1.82) is 0 Å². The predicted molar refractivity (Wildman–Crippen MR) is 71.9 cm³/mol. The molecule has 0 unspecified atom stereocenters. The molecule has 1 aliphatic rings. The third kappa shape index (κ3) is 2.56. The number of carbonyl (C=O) groups is 1. The van der Waals surface area contributed by atoms with Crippen molar-refractivity contribution >= 4 is 16.0 Å². The summed E-state index contributed by atoms with van der Waals surface area (Å²) < 4.78 is 26.1. The van der Waals surface area contributed by atoms with Crippen molar-refractivity contribution in [2.75, 3.05) is 6.54 Å². The van der Waals surface area contributed by atoms with Crippen molar-refractivity contribution in [3.8, 4) is 0 Å². The van der Waals surface area contributed by atoms with Gasteiger partial charge in [-0.2, -0.15) is 4.31 Å². The molecule has 20 heavy (non-hydrogen) atoms. The lowest BCUT2D eigenvalue weighted by molar-refractivity contribution is -0.140. The fraction of sp³-hybridized carbons (Fsp3) is 0.462. The van der Waals surface area contributed by atoms with Crippen LogP contribution in [-0.2, 0) is 14.8 Å².